The molecule has 0 unspecified atom stereocenters. The number of aryl methyl sites for hydroxylation is 1. The molecule has 2 heterocycles. The summed E-state index contributed by atoms with van der Waals surface area (Å²) >= 11 is 1.46. The normalized spacial score (nSPS) is 23.0. The van der Waals surface area contributed by atoms with Crippen LogP contribution in [0.1, 0.15) is 52.7 Å². The van der Waals surface area contributed by atoms with Crippen LogP contribution in [0.3, 0.4) is 0 Å². The van der Waals surface area contributed by atoms with Crippen LogP contribution in [-0.2, 0) is 27.2 Å². The summed E-state index contributed by atoms with van der Waals surface area (Å²) in [6, 6.07) is 1.31. The number of hydrogen-bond donors (Lipinski definition) is 1. The van der Waals surface area contributed by atoms with Crippen LogP contribution in [0.4, 0.5) is 0 Å². The summed E-state index contributed by atoms with van der Waals surface area (Å²) in [5.41, 5.74) is 6.60. The number of fused-ring (bicyclic) bond motifs is 1. The van der Waals surface area contributed by atoms with Crippen molar-refractivity contribution in [1.29, 1.82) is 0 Å². The number of thiophene rings is 1. The third kappa shape index (κ3) is 4.03. The molecule has 0 aromatic carbocycles. The van der Waals surface area contributed by atoms with Gasteiger partial charge in [-0.15, -0.1) is 11.3 Å². The zero-order chi connectivity index (χ0) is 18.0. The highest BCUT2D eigenvalue weighted by Gasteiger charge is 2.31. The number of ether oxygens (including phenoxy) is 1. The summed E-state index contributed by atoms with van der Waals surface area (Å²) < 4.78 is 5.20. The van der Waals surface area contributed by atoms with E-state index in [9.17, 15) is 14.4 Å². The lowest BCUT2D eigenvalue weighted by Gasteiger charge is -2.33. The number of nitrogens with two attached hydrogens (primary N) is 1. The van der Waals surface area contributed by atoms with E-state index in [2.05, 4.69) is 6.92 Å². The first-order chi connectivity index (χ1) is 12.0. The molecule has 2 amide bonds. The van der Waals surface area contributed by atoms with Gasteiger partial charge in [0, 0.05) is 11.4 Å². The van der Waals surface area contributed by atoms with Gasteiger partial charge in [0.2, 0.25) is 5.91 Å². The van der Waals surface area contributed by atoms with Crippen molar-refractivity contribution in [3.63, 3.8) is 0 Å². The fourth-order valence-corrected chi connectivity index (χ4v) is 4.72. The first kappa shape index (κ1) is 17.9. The third-order valence-electron chi connectivity index (χ3n) is 5.01. The van der Waals surface area contributed by atoms with Gasteiger partial charge in [-0.25, -0.2) is 4.79 Å². The highest BCUT2D eigenvalue weighted by atomic mass is 32.1. The van der Waals surface area contributed by atoms with Crippen LogP contribution in [0, 0.1) is 5.92 Å². The van der Waals surface area contributed by atoms with Gasteiger partial charge in [0.1, 0.15) is 10.9 Å². The molecule has 2 aliphatic rings. The largest absolute Gasteiger partial charge is 0.451 e. The van der Waals surface area contributed by atoms with Crippen LogP contribution in [0.5, 0.6) is 0 Å². The van der Waals surface area contributed by atoms with Gasteiger partial charge in [0.15, 0.2) is 6.61 Å². The van der Waals surface area contributed by atoms with Crippen LogP contribution in [0.2, 0.25) is 0 Å². The van der Waals surface area contributed by atoms with E-state index in [1.54, 1.807) is 0 Å². The second-order valence-electron chi connectivity index (χ2n) is 6.98. The first-order valence-corrected chi connectivity index (χ1v) is 9.65. The molecule has 2 N–H and O–H groups in total. The summed E-state index contributed by atoms with van der Waals surface area (Å²) in [4.78, 5) is 39.3. The maximum absolute atomic E-state index is 12.3. The molecule has 1 saturated heterocycles. The minimum Gasteiger partial charge on any atom is -0.451 e. The number of amides is 2. The topological polar surface area (TPSA) is 89.7 Å². The number of carbonyl (C=O) groups is 3. The standard InChI is InChI=1S/C18H24N2O4S/c1-11-5-6-14-12(8-11)9-15(25-14)18(23)24-10-16(21)20-7-3-2-4-13(20)17(19)22/h9,11,13H,2-8,10H2,1H3,(H2,19,22)/t11-,13+/m0/s1. The minimum absolute atomic E-state index is 0.346. The Kier molecular flexibility index (Phi) is 5.42. The number of esters is 1. The van der Waals surface area contributed by atoms with Gasteiger partial charge in [0.05, 0.1) is 0 Å². The van der Waals surface area contributed by atoms with Gasteiger partial charge in [0.25, 0.3) is 5.91 Å². The van der Waals surface area contributed by atoms with E-state index in [-0.39, 0.29) is 12.5 Å². The van der Waals surface area contributed by atoms with Gasteiger partial charge >= 0.3 is 5.97 Å². The number of hydrogen-bond acceptors (Lipinski definition) is 5. The molecular weight excluding hydrogens is 340 g/mol. The SMILES string of the molecule is C[C@H]1CCc2sc(C(=O)OCC(=O)N3CCCC[C@@H]3C(N)=O)cc2C1. The van der Waals surface area contributed by atoms with E-state index in [1.807, 2.05) is 6.07 Å². The van der Waals surface area contributed by atoms with E-state index in [4.69, 9.17) is 10.5 Å². The summed E-state index contributed by atoms with van der Waals surface area (Å²) in [6.45, 7) is 2.35. The Hall–Kier alpha value is -1.89. The quantitative estimate of drug-likeness (QED) is 0.826. The molecule has 25 heavy (non-hydrogen) atoms. The lowest BCUT2D eigenvalue weighted by molar-refractivity contribution is -0.143. The van der Waals surface area contributed by atoms with E-state index >= 15 is 0 Å². The van der Waals surface area contributed by atoms with Crippen LogP contribution in [-0.4, -0.2) is 41.9 Å². The van der Waals surface area contributed by atoms with Gasteiger partial charge in [-0.1, -0.05) is 6.92 Å². The Balaban J connectivity index is 1.58. The second kappa shape index (κ2) is 7.56. The van der Waals surface area contributed by atoms with E-state index in [0.29, 0.717) is 23.8 Å². The number of piperidine rings is 1. The smallest absolute Gasteiger partial charge is 0.348 e. The van der Waals surface area contributed by atoms with Crippen molar-refractivity contribution in [3.8, 4) is 0 Å². The highest BCUT2D eigenvalue weighted by molar-refractivity contribution is 7.14. The van der Waals surface area contributed by atoms with Crippen molar-refractivity contribution in [1.82, 2.24) is 4.90 Å². The summed E-state index contributed by atoms with van der Waals surface area (Å²) in [5, 5.41) is 0. The predicted octanol–water partition coefficient (Wildman–Crippen LogP) is 1.90. The molecular formula is C18H24N2O4S. The number of primary amides is 1. The lowest BCUT2D eigenvalue weighted by atomic mass is 9.90. The zero-order valence-electron chi connectivity index (χ0n) is 14.5. The minimum atomic E-state index is -0.588. The molecule has 1 fully saturated rings. The molecule has 0 saturated carbocycles. The molecule has 2 atom stereocenters. The van der Waals surface area contributed by atoms with Crippen LogP contribution in [0.25, 0.3) is 0 Å². The molecule has 136 valence electrons. The first-order valence-electron chi connectivity index (χ1n) is 8.83. The van der Waals surface area contributed by atoms with Gasteiger partial charge in [-0.2, -0.15) is 0 Å². The van der Waals surface area contributed by atoms with E-state index in [0.717, 1.165) is 32.1 Å². The maximum Gasteiger partial charge on any atom is 0.348 e. The van der Waals surface area contributed by atoms with Crippen molar-refractivity contribution >= 4 is 29.1 Å². The average molecular weight is 364 g/mol. The third-order valence-corrected chi connectivity index (χ3v) is 6.23. The molecule has 7 heteroatoms. The zero-order valence-corrected chi connectivity index (χ0v) is 15.3. The van der Waals surface area contributed by atoms with Gasteiger partial charge in [-0.3, -0.25) is 9.59 Å². The van der Waals surface area contributed by atoms with Crippen molar-refractivity contribution in [2.75, 3.05) is 13.2 Å². The highest BCUT2D eigenvalue weighted by Crippen LogP contribution is 2.32. The molecule has 1 aliphatic carbocycles. The van der Waals surface area contributed by atoms with Crippen molar-refractivity contribution < 1.29 is 19.1 Å². The fraction of sp³-hybridized carbons (Fsp3) is 0.611. The monoisotopic (exact) mass is 364 g/mol. The molecule has 1 aliphatic heterocycles. The predicted molar refractivity (Wildman–Crippen MR) is 94.3 cm³/mol. The molecule has 0 bridgehead atoms. The Bertz CT molecular complexity index is 685. The van der Waals surface area contributed by atoms with Crippen molar-refractivity contribution in [2.24, 2.45) is 11.7 Å². The second-order valence-corrected chi connectivity index (χ2v) is 8.12. The molecule has 6 nitrogen and oxygen atoms in total. The summed E-state index contributed by atoms with van der Waals surface area (Å²) in [5.74, 6) is -0.684. The average Bonchev–Trinajstić information content (AvgIpc) is 3.02. The van der Waals surface area contributed by atoms with E-state index in [1.165, 1.54) is 26.7 Å². The van der Waals surface area contributed by atoms with Crippen molar-refractivity contribution in [3.05, 3.63) is 21.4 Å². The molecule has 1 aromatic heterocycles. The lowest BCUT2D eigenvalue weighted by Crippen LogP contribution is -2.51. The Morgan fingerprint density at radius 3 is 2.88 bits per heavy atom. The van der Waals surface area contributed by atoms with Gasteiger partial charge < -0.3 is 15.4 Å². The van der Waals surface area contributed by atoms with Gasteiger partial charge in [-0.05, 0) is 56.1 Å². The van der Waals surface area contributed by atoms with Crippen LogP contribution < -0.4 is 5.73 Å². The van der Waals surface area contributed by atoms with Crippen LogP contribution >= 0.6 is 11.3 Å². The molecule has 1 aromatic rings. The number of carbonyl (C=O) groups excluding carboxylic acids is 3. The number of nitrogens with zero attached hydrogens (tertiary/aromatic N) is 1. The molecule has 3 rings (SSSR count). The summed E-state index contributed by atoms with van der Waals surface area (Å²) in [6.07, 6.45) is 5.41. The Morgan fingerprint density at radius 2 is 2.12 bits per heavy atom. The number of likely N-dealkylation sites (tertiary alicyclic amines) is 1. The van der Waals surface area contributed by atoms with Crippen molar-refractivity contribution in [2.45, 2.75) is 51.5 Å². The Labute approximate surface area is 151 Å². The van der Waals surface area contributed by atoms with Crippen LogP contribution in [0.15, 0.2) is 6.07 Å². The fourth-order valence-electron chi connectivity index (χ4n) is 3.61. The molecule has 0 radical (unpaired) electrons. The maximum atomic E-state index is 12.3. The molecule has 0 spiro atoms. The number of rotatable bonds is 4. The Morgan fingerprint density at radius 1 is 1.32 bits per heavy atom. The summed E-state index contributed by atoms with van der Waals surface area (Å²) in [7, 11) is 0. The van der Waals surface area contributed by atoms with E-state index < -0.39 is 17.9 Å².